The van der Waals surface area contributed by atoms with Crippen molar-refractivity contribution in [2.24, 2.45) is 5.73 Å². The van der Waals surface area contributed by atoms with Gasteiger partial charge in [0.1, 0.15) is 0 Å². The van der Waals surface area contributed by atoms with Crippen LogP contribution in [0, 0.1) is 0 Å². The highest BCUT2D eigenvalue weighted by molar-refractivity contribution is 6.31. The van der Waals surface area contributed by atoms with Crippen LogP contribution >= 0.6 is 11.6 Å². The number of hydrogen-bond donors (Lipinski definition) is 1. The lowest BCUT2D eigenvalue weighted by molar-refractivity contribution is 0.185. The van der Waals surface area contributed by atoms with Gasteiger partial charge in [-0.05, 0) is 30.0 Å². The fourth-order valence-corrected chi connectivity index (χ4v) is 2.15. The largest absolute Gasteiger partial charge is 0.380 e. The molecule has 0 bridgehead atoms. The second-order valence-electron chi connectivity index (χ2n) is 4.22. The van der Waals surface area contributed by atoms with Gasteiger partial charge < -0.3 is 10.5 Å². The summed E-state index contributed by atoms with van der Waals surface area (Å²) in [6, 6.07) is 6.20. The Balaban J connectivity index is 2.25. The molecular formula is C12H16ClNO. The monoisotopic (exact) mass is 225 g/mol. The molecule has 0 saturated heterocycles. The van der Waals surface area contributed by atoms with E-state index in [2.05, 4.69) is 6.07 Å². The molecule has 2 N–H and O–H groups in total. The summed E-state index contributed by atoms with van der Waals surface area (Å²) in [6.45, 7) is 1.28. The standard InChI is InChI=1S/C12H16ClNO/c1-15-7-9-2-3-10(6-11(9)13)12(8-14)4-5-12/h2-3,6H,4-5,7-8,14H2,1H3. The number of ether oxygens (including phenoxy) is 1. The molecule has 15 heavy (non-hydrogen) atoms. The second-order valence-corrected chi connectivity index (χ2v) is 4.63. The zero-order chi connectivity index (χ0) is 10.9. The number of nitrogens with two attached hydrogens (primary N) is 1. The van der Waals surface area contributed by atoms with E-state index in [9.17, 15) is 0 Å². The molecule has 0 heterocycles. The summed E-state index contributed by atoms with van der Waals surface area (Å²) in [7, 11) is 1.67. The lowest BCUT2D eigenvalue weighted by atomic mass is 9.95. The Morgan fingerprint density at radius 1 is 1.47 bits per heavy atom. The van der Waals surface area contributed by atoms with Crippen LogP contribution in [0.15, 0.2) is 18.2 Å². The van der Waals surface area contributed by atoms with Gasteiger partial charge in [-0.3, -0.25) is 0 Å². The maximum atomic E-state index is 6.18. The van der Waals surface area contributed by atoms with Gasteiger partial charge >= 0.3 is 0 Å². The van der Waals surface area contributed by atoms with Crippen LogP contribution in [0.3, 0.4) is 0 Å². The van der Waals surface area contributed by atoms with Crippen LogP contribution in [-0.4, -0.2) is 13.7 Å². The van der Waals surface area contributed by atoms with E-state index in [0.717, 1.165) is 10.6 Å². The number of hydrogen-bond acceptors (Lipinski definition) is 2. The van der Waals surface area contributed by atoms with Gasteiger partial charge in [0.15, 0.2) is 0 Å². The van der Waals surface area contributed by atoms with Crippen LogP contribution in [0.5, 0.6) is 0 Å². The summed E-state index contributed by atoms with van der Waals surface area (Å²) in [5.41, 5.74) is 8.31. The van der Waals surface area contributed by atoms with Crippen molar-refractivity contribution >= 4 is 11.6 Å². The number of halogens is 1. The summed E-state index contributed by atoms with van der Waals surface area (Å²) in [5, 5.41) is 0.786. The van der Waals surface area contributed by atoms with Crippen molar-refractivity contribution in [3.63, 3.8) is 0 Å². The minimum Gasteiger partial charge on any atom is -0.380 e. The molecule has 2 nitrogen and oxygen atoms in total. The maximum Gasteiger partial charge on any atom is 0.0727 e. The van der Waals surface area contributed by atoms with Gasteiger partial charge in [0.2, 0.25) is 0 Å². The van der Waals surface area contributed by atoms with E-state index >= 15 is 0 Å². The van der Waals surface area contributed by atoms with Crippen molar-refractivity contribution in [1.29, 1.82) is 0 Å². The third kappa shape index (κ3) is 2.03. The van der Waals surface area contributed by atoms with Gasteiger partial charge in [-0.25, -0.2) is 0 Å². The average molecular weight is 226 g/mol. The molecule has 1 aliphatic rings. The molecule has 1 aromatic rings. The Morgan fingerprint density at radius 3 is 2.67 bits per heavy atom. The molecule has 1 saturated carbocycles. The van der Waals surface area contributed by atoms with Gasteiger partial charge in [0, 0.05) is 24.1 Å². The van der Waals surface area contributed by atoms with E-state index in [1.54, 1.807) is 7.11 Å². The van der Waals surface area contributed by atoms with Gasteiger partial charge in [-0.2, -0.15) is 0 Å². The van der Waals surface area contributed by atoms with E-state index in [1.807, 2.05) is 12.1 Å². The summed E-state index contributed by atoms with van der Waals surface area (Å²) in [6.07, 6.45) is 2.37. The fraction of sp³-hybridized carbons (Fsp3) is 0.500. The predicted octanol–water partition coefficient (Wildman–Crippen LogP) is 2.48. The van der Waals surface area contributed by atoms with Crippen molar-refractivity contribution in [3.8, 4) is 0 Å². The molecule has 0 spiro atoms. The second kappa shape index (κ2) is 4.12. The van der Waals surface area contributed by atoms with Gasteiger partial charge in [0.25, 0.3) is 0 Å². The van der Waals surface area contributed by atoms with Crippen LogP contribution in [0.25, 0.3) is 0 Å². The molecule has 0 amide bonds. The third-order valence-corrected chi connectivity index (χ3v) is 3.56. The normalized spacial score (nSPS) is 17.8. The van der Waals surface area contributed by atoms with Gasteiger partial charge in [-0.1, -0.05) is 23.7 Å². The van der Waals surface area contributed by atoms with Crippen molar-refractivity contribution in [3.05, 3.63) is 34.3 Å². The van der Waals surface area contributed by atoms with Crippen molar-refractivity contribution < 1.29 is 4.74 Å². The Kier molecular flexibility index (Phi) is 3.01. The van der Waals surface area contributed by atoms with Gasteiger partial charge in [0.05, 0.1) is 6.61 Å². The Labute approximate surface area is 95.4 Å². The maximum absolute atomic E-state index is 6.18. The summed E-state index contributed by atoms with van der Waals surface area (Å²) >= 11 is 6.18. The lowest BCUT2D eigenvalue weighted by Gasteiger charge is -2.14. The van der Waals surface area contributed by atoms with Crippen LogP contribution in [0.4, 0.5) is 0 Å². The van der Waals surface area contributed by atoms with Crippen LogP contribution in [-0.2, 0) is 16.8 Å². The lowest BCUT2D eigenvalue weighted by Crippen LogP contribution is -2.19. The molecule has 0 radical (unpaired) electrons. The molecule has 82 valence electrons. The molecule has 0 unspecified atom stereocenters. The van der Waals surface area contributed by atoms with E-state index in [1.165, 1.54) is 18.4 Å². The summed E-state index contributed by atoms with van der Waals surface area (Å²) in [5.74, 6) is 0. The average Bonchev–Trinajstić information content (AvgIpc) is 3.02. The molecule has 1 aromatic carbocycles. The fourth-order valence-electron chi connectivity index (χ4n) is 1.91. The van der Waals surface area contributed by atoms with E-state index < -0.39 is 0 Å². The number of rotatable bonds is 4. The zero-order valence-corrected chi connectivity index (χ0v) is 9.68. The molecule has 0 atom stereocenters. The highest BCUT2D eigenvalue weighted by Gasteiger charge is 2.42. The highest BCUT2D eigenvalue weighted by Crippen LogP contribution is 2.47. The Morgan fingerprint density at radius 2 is 2.20 bits per heavy atom. The first-order chi connectivity index (χ1) is 7.22. The first-order valence-electron chi connectivity index (χ1n) is 5.20. The Bertz CT molecular complexity index is 361. The van der Waals surface area contributed by atoms with E-state index in [-0.39, 0.29) is 5.41 Å². The van der Waals surface area contributed by atoms with Gasteiger partial charge in [-0.15, -0.1) is 0 Å². The molecule has 3 heteroatoms. The molecule has 0 aliphatic heterocycles. The molecule has 2 rings (SSSR count). The molecule has 1 fully saturated rings. The summed E-state index contributed by atoms with van der Waals surface area (Å²) < 4.78 is 5.07. The molecule has 0 aromatic heterocycles. The van der Waals surface area contributed by atoms with Crippen LogP contribution < -0.4 is 5.73 Å². The minimum atomic E-state index is 0.218. The van der Waals surface area contributed by atoms with E-state index in [0.29, 0.717) is 13.2 Å². The quantitative estimate of drug-likeness (QED) is 0.855. The number of benzene rings is 1. The highest BCUT2D eigenvalue weighted by atomic mass is 35.5. The van der Waals surface area contributed by atoms with E-state index in [4.69, 9.17) is 22.1 Å². The van der Waals surface area contributed by atoms with Crippen LogP contribution in [0.1, 0.15) is 24.0 Å². The first-order valence-corrected chi connectivity index (χ1v) is 5.57. The SMILES string of the molecule is COCc1ccc(C2(CN)CC2)cc1Cl. The molecular weight excluding hydrogens is 210 g/mol. The van der Waals surface area contributed by atoms with Crippen molar-refractivity contribution in [2.45, 2.75) is 24.9 Å². The number of methoxy groups -OCH3 is 1. The smallest absolute Gasteiger partial charge is 0.0727 e. The first kappa shape index (κ1) is 10.9. The molecule has 1 aliphatic carbocycles. The topological polar surface area (TPSA) is 35.2 Å². The predicted molar refractivity (Wildman–Crippen MR) is 62.1 cm³/mol. The third-order valence-electron chi connectivity index (χ3n) is 3.21. The van der Waals surface area contributed by atoms with Crippen molar-refractivity contribution in [1.82, 2.24) is 0 Å². The van der Waals surface area contributed by atoms with Crippen molar-refractivity contribution in [2.75, 3.05) is 13.7 Å². The summed E-state index contributed by atoms with van der Waals surface area (Å²) in [4.78, 5) is 0. The van der Waals surface area contributed by atoms with Crippen LogP contribution in [0.2, 0.25) is 5.02 Å². The Hall–Kier alpha value is -0.570. The minimum absolute atomic E-state index is 0.218. The zero-order valence-electron chi connectivity index (χ0n) is 8.92.